The van der Waals surface area contributed by atoms with E-state index >= 15 is 0 Å². The van der Waals surface area contributed by atoms with Crippen LogP contribution in [0.5, 0.6) is 11.5 Å². The van der Waals surface area contributed by atoms with Crippen LogP contribution in [-0.2, 0) is 27.4 Å². The molecule has 0 saturated heterocycles. The first kappa shape index (κ1) is 26.2. The van der Waals surface area contributed by atoms with Gasteiger partial charge in [-0.3, -0.25) is 0 Å². The summed E-state index contributed by atoms with van der Waals surface area (Å²) in [7, 11) is 3.38. The molecule has 1 aromatic heterocycles. The minimum Gasteiger partial charge on any atom is -0.497 e. The van der Waals surface area contributed by atoms with E-state index in [1.165, 1.54) is 0 Å². The van der Waals surface area contributed by atoms with Crippen molar-refractivity contribution in [2.45, 2.75) is 20.0 Å². The second-order valence-corrected chi connectivity index (χ2v) is 6.88. The third-order valence-corrected chi connectivity index (χ3v) is 4.60. The smallest absolute Gasteiger partial charge is 0.414 e. The highest BCUT2D eigenvalue weighted by Gasteiger charge is 2.12. The molecule has 2 aromatic carbocycles. The summed E-state index contributed by atoms with van der Waals surface area (Å²) in [6, 6.07) is 16.1. The van der Waals surface area contributed by atoms with E-state index in [4.69, 9.17) is 34.0 Å². The highest BCUT2D eigenvalue weighted by molar-refractivity contribution is 6.27. The maximum atomic E-state index is 9.10. The van der Waals surface area contributed by atoms with Gasteiger partial charge in [0.05, 0.1) is 32.2 Å². The van der Waals surface area contributed by atoms with Gasteiger partial charge in [-0.1, -0.05) is 12.1 Å². The molecule has 0 bridgehead atoms. The number of ether oxygens (including phenoxy) is 3. The molecule has 10 nitrogen and oxygen atoms in total. The number of methoxy groups -OCH3 is 2. The second-order valence-electron chi connectivity index (χ2n) is 6.88. The molecule has 0 fully saturated rings. The number of imidazole rings is 1. The first-order chi connectivity index (χ1) is 16.4. The molecule has 0 radical (unpaired) electrons. The standard InChI is InChI=1S/C22H27N3O3.C2H2O4/c1-4-28-19-10-8-18(9-11-19)21-16-24-22(25(21)12-13-26-2)23-15-17-6-5-7-20(14-17)27-3;3-1(4)2(5)6/h5-11,14,16H,4,12-13,15H2,1-3H3,(H,23,24);(H,3,4)(H,5,6). The van der Waals surface area contributed by atoms with E-state index in [9.17, 15) is 0 Å². The van der Waals surface area contributed by atoms with Crippen molar-refractivity contribution >= 4 is 17.9 Å². The Morgan fingerprint density at radius 1 is 1.03 bits per heavy atom. The zero-order valence-corrected chi connectivity index (χ0v) is 19.4. The van der Waals surface area contributed by atoms with Crippen LogP contribution in [0.3, 0.4) is 0 Å². The highest BCUT2D eigenvalue weighted by atomic mass is 16.5. The number of rotatable bonds is 10. The van der Waals surface area contributed by atoms with E-state index in [0.29, 0.717) is 26.3 Å². The molecular formula is C24H29N3O7. The quantitative estimate of drug-likeness (QED) is 0.381. The van der Waals surface area contributed by atoms with Crippen LogP contribution < -0.4 is 14.8 Å². The predicted octanol–water partition coefficient (Wildman–Crippen LogP) is 3.37. The number of hydrogen-bond donors (Lipinski definition) is 3. The van der Waals surface area contributed by atoms with Crippen molar-refractivity contribution in [1.29, 1.82) is 0 Å². The average Bonchev–Trinajstić information content (AvgIpc) is 3.25. The third kappa shape index (κ3) is 7.82. The molecule has 0 aliphatic rings. The number of carbonyl (C=O) groups is 2. The van der Waals surface area contributed by atoms with E-state index in [1.54, 1.807) is 14.2 Å². The molecular weight excluding hydrogens is 442 g/mol. The van der Waals surface area contributed by atoms with Gasteiger partial charge in [-0.2, -0.15) is 0 Å². The van der Waals surface area contributed by atoms with E-state index in [0.717, 1.165) is 34.3 Å². The summed E-state index contributed by atoms with van der Waals surface area (Å²) in [6.07, 6.45) is 1.89. The van der Waals surface area contributed by atoms with Gasteiger partial charge in [-0.15, -0.1) is 0 Å². The highest BCUT2D eigenvalue weighted by Crippen LogP contribution is 2.26. The van der Waals surface area contributed by atoms with Crippen molar-refractivity contribution in [2.75, 3.05) is 32.8 Å². The summed E-state index contributed by atoms with van der Waals surface area (Å²) in [4.78, 5) is 22.8. The van der Waals surface area contributed by atoms with Crippen molar-refractivity contribution in [3.05, 3.63) is 60.3 Å². The van der Waals surface area contributed by atoms with Gasteiger partial charge in [-0.25, -0.2) is 14.6 Å². The van der Waals surface area contributed by atoms with Crippen molar-refractivity contribution in [3.63, 3.8) is 0 Å². The monoisotopic (exact) mass is 471 g/mol. The lowest BCUT2D eigenvalue weighted by Crippen LogP contribution is -2.11. The van der Waals surface area contributed by atoms with E-state index in [1.807, 2.05) is 43.5 Å². The molecule has 1 heterocycles. The molecule has 10 heteroatoms. The van der Waals surface area contributed by atoms with E-state index < -0.39 is 11.9 Å². The molecule has 0 amide bonds. The number of aromatic nitrogens is 2. The zero-order chi connectivity index (χ0) is 24.9. The third-order valence-electron chi connectivity index (χ3n) is 4.60. The van der Waals surface area contributed by atoms with Gasteiger partial charge in [0.25, 0.3) is 0 Å². The first-order valence-corrected chi connectivity index (χ1v) is 10.5. The summed E-state index contributed by atoms with van der Waals surface area (Å²) in [6.45, 7) is 4.61. The molecule has 3 rings (SSSR count). The number of nitrogens with zero attached hydrogens (tertiary/aromatic N) is 2. The minimum atomic E-state index is -1.82. The van der Waals surface area contributed by atoms with Crippen molar-refractivity contribution < 1.29 is 34.0 Å². The van der Waals surface area contributed by atoms with E-state index in [2.05, 4.69) is 33.1 Å². The Balaban J connectivity index is 0.000000604. The number of nitrogens with one attached hydrogen (secondary N) is 1. The Hall–Kier alpha value is -4.05. The summed E-state index contributed by atoms with van der Waals surface area (Å²) in [5.74, 6) is -1.13. The maximum Gasteiger partial charge on any atom is 0.414 e. The van der Waals surface area contributed by atoms with Gasteiger partial charge in [-0.05, 0) is 48.9 Å². The van der Waals surface area contributed by atoms with Crippen LogP contribution in [0.15, 0.2) is 54.7 Å². The largest absolute Gasteiger partial charge is 0.497 e. The molecule has 3 N–H and O–H groups in total. The minimum absolute atomic E-state index is 0.605. The van der Waals surface area contributed by atoms with Gasteiger partial charge in [0.2, 0.25) is 5.95 Å². The predicted molar refractivity (Wildman–Crippen MR) is 126 cm³/mol. The van der Waals surface area contributed by atoms with Crippen molar-refractivity contribution in [3.8, 4) is 22.8 Å². The Morgan fingerprint density at radius 3 is 2.32 bits per heavy atom. The number of carboxylic acids is 2. The lowest BCUT2D eigenvalue weighted by Gasteiger charge is -2.14. The lowest BCUT2D eigenvalue weighted by atomic mass is 10.1. The fourth-order valence-corrected chi connectivity index (χ4v) is 3.01. The van der Waals surface area contributed by atoms with Crippen LogP contribution in [-0.4, -0.2) is 59.1 Å². The normalized spacial score (nSPS) is 10.1. The molecule has 3 aromatic rings. The number of aliphatic carboxylic acids is 2. The summed E-state index contributed by atoms with van der Waals surface area (Å²) < 4.78 is 18.3. The fraction of sp³-hybridized carbons (Fsp3) is 0.292. The molecule has 34 heavy (non-hydrogen) atoms. The molecule has 0 atom stereocenters. The molecule has 0 aliphatic heterocycles. The van der Waals surface area contributed by atoms with Gasteiger partial charge in [0.15, 0.2) is 0 Å². The SMILES string of the molecule is CCOc1ccc(-c2cnc(NCc3cccc(OC)c3)n2CCOC)cc1.O=C(O)C(=O)O. The summed E-state index contributed by atoms with van der Waals surface area (Å²) in [5, 5.41) is 18.2. The molecule has 182 valence electrons. The second kappa shape index (κ2) is 13.5. The Kier molecular flexibility index (Phi) is 10.4. The van der Waals surface area contributed by atoms with Gasteiger partial charge < -0.3 is 34.3 Å². The van der Waals surface area contributed by atoms with Crippen molar-refractivity contribution in [1.82, 2.24) is 9.55 Å². The first-order valence-electron chi connectivity index (χ1n) is 10.5. The van der Waals surface area contributed by atoms with E-state index in [-0.39, 0.29) is 0 Å². The van der Waals surface area contributed by atoms with Crippen LogP contribution >= 0.6 is 0 Å². The Morgan fingerprint density at radius 2 is 1.74 bits per heavy atom. The van der Waals surface area contributed by atoms with Gasteiger partial charge in [0.1, 0.15) is 11.5 Å². The Bertz CT molecular complexity index is 1050. The maximum absolute atomic E-state index is 9.10. The molecule has 0 spiro atoms. The van der Waals surface area contributed by atoms with Crippen LogP contribution in [0.25, 0.3) is 11.3 Å². The fourth-order valence-electron chi connectivity index (χ4n) is 3.01. The zero-order valence-electron chi connectivity index (χ0n) is 19.4. The lowest BCUT2D eigenvalue weighted by molar-refractivity contribution is -0.159. The number of benzene rings is 2. The number of hydrogen-bond acceptors (Lipinski definition) is 7. The summed E-state index contributed by atoms with van der Waals surface area (Å²) >= 11 is 0. The van der Waals surface area contributed by atoms with Crippen LogP contribution in [0, 0.1) is 0 Å². The number of carboxylic acid groups (broad SMARTS) is 2. The van der Waals surface area contributed by atoms with Gasteiger partial charge >= 0.3 is 11.9 Å². The number of anilines is 1. The average molecular weight is 472 g/mol. The van der Waals surface area contributed by atoms with Crippen molar-refractivity contribution in [2.24, 2.45) is 0 Å². The van der Waals surface area contributed by atoms with Crippen LogP contribution in [0.2, 0.25) is 0 Å². The topological polar surface area (TPSA) is 132 Å². The molecule has 0 unspecified atom stereocenters. The molecule has 0 saturated carbocycles. The van der Waals surface area contributed by atoms with Crippen LogP contribution in [0.1, 0.15) is 12.5 Å². The van der Waals surface area contributed by atoms with Gasteiger partial charge in [0, 0.05) is 25.8 Å². The van der Waals surface area contributed by atoms with Crippen LogP contribution in [0.4, 0.5) is 5.95 Å². The Labute approximate surface area is 197 Å². The molecule has 0 aliphatic carbocycles. The summed E-state index contributed by atoms with van der Waals surface area (Å²) in [5.41, 5.74) is 3.25.